The van der Waals surface area contributed by atoms with Crippen LogP contribution in [-0.4, -0.2) is 36.8 Å². The molecular formula is C17H18N4O4S. The van der Waals surface area contributed by atoms with Gasteiger partial charge in [-0.15, -0.1) is 10.2 Å². The summed E-state index contributed by atoms with van der Waals surface area (Å²) in [6, 6.07) is 9.76. The van der Waals surface area contributed by atoms with Crippen LogP contribution in [-0.2, 0) is 16.4 Å². The largest absolute Gasteiger partial charge is 0.494 e. The number of hydrogen-bond acceptors (Lipinski definition) is 7. The van der Waals surface area contributed by atoms with Gasteiger partial charge in [-0.3, -0.25) is 4.98 Å². The summed E-state index contributed by atoms with van der Waals surface area (Å²) in [7, 11) is -3.61. The van der Waals surface area contributed by atoms with Crippen LogP contribution in [0.5, 0.6) is 5.75 Å². The molecule has 0 fully saturated rings. The first-order valence-corrected chi connectivity index (χ1v) is 9.52. The van der Waals surface area contributed by atoms with E-state index in [9.17, 15) is 8.42 Å². The maximum Gasteiger partial charge on any atom is 0.247 e. The lowest BCUT2D eigenvalue weighted by Gasteiger charge is -2.07. The van der Waals surface area contributed by atoms with Gasteiger partial charge in [-0.1, -0.05) is 0 Å². The molecule has 1 aromatic carbocycles. The molecule has 3 aromatic rings. The second-order valence-corrected chi connectivity index (χ2v) is 7.06. The molecule has 0 aliphatic rings. The second-order valence-electron chi connectivity index (χ2n) is 5.29. The summed E-state index contributed by atoms with van der Waals surface area (Å²) in [5.41, 5.74) is 0.758. The lowest BCUT2D eigenvalue weighted by atomic mass is 10.3. The molecular weight excluding hydrogens is 356 g/mol. The standard InChI is InChI=1S/C17H18N4O4S/c1-2-24-14-3-5-15(6-4-14)26(22,23)19-12-9-16-20-21-17(25-16)13-7-10-18-11-8-13/h3-8,10-11,19H,2,9,12H2,1H3. The molecule has 0 amide bonds. The summed E-state index contributed by atoms with van der Waals surface area (Å²) in [4.78, 5) is 4.09. The Kier molecular flexibility index (Phi) is 5.59. The topological polar surface area (TPSA) is 107 Å². The van der Waals surface area contributed by atoms with Crippen LogP contribution in [0.2, 0.25) is 0 Å². The molecule has 8 nitrogen and oxygen atoms in total. The Bertz CT molecular complexity index is 940. The lowest BCUT2D eigenvalue weighted by molar-refractivity contribution is 0.340. The Balaban J connectivity index is 1.58. The number of ether oxygens (including phenoxy) is 1. The minimum absolute atomic E-state index is 0.146. The first-order chi connectivity index (χ1) is 12.6. The maximum absolute atomic E-state index is 12.3. The third kappa shape index (κ3) is 4.44. The zero-order valence-electron chi connectivity index (χ0n) is 14.1. The fraction of sp³-hybridized carbons (Fsp3) is 0.235. The predicted octanol–water partition coefficient (Wildman–Crippen LogP) is 2.05. The molecule has 0 unspecified atom stereocenters. The molecule has 3 rings (SSSR count). The fourth-order valence-electron chi connectivity index (χ4n) is 2.22. The van der Waals surface area contributed by atoms with Gasteiger partial charge >= 0.3 is 0 Å². The number of aromatic nitrogens is 3. The van der Waals surface area contributed by atoms with Crippen molar-refractivity contribution in [2.75, 3.05) is 13.2 Å². The molecule has 136 valence electrons. The molecule has 0 bridgehead atoms. The molecule has 0 aliphatic heterocycles. The Morgan fingerprint density at radius 1 is 1.08 bits per heavy atom. The van der Waals surface area contributed by atoms with E-state index in [1.807, 2.05) is 6.92 Å². The van der Waals surface area contributed by atoms with E-state index in [-0.39, 0.29) is 17.9 Å². The van der Waals surface area contributed by atoms with Gasteiger partial charge in [-0.25, -0.2) is 13.1 Å². The summed E-state index contributed by atoms with van der Waals surface area (Å²) < 4.78 is 37.9. The molecule has 0 saturated heterocycles. The number of pyridine rings is 1. The van der Waals surface area contributed by atoms with E-state index < -0.39 is 10.0 Å². The predicted molar refractivity (Wildman–Crippen MR) is 94.0 cm³/mol. The van der Waals surface area contributed by atoms with Crippen LogP contribution < -0.4 is 9.46 Å². The highest BCUT2D eigenvalue weighted by Crippen LogP contribution is 2.17. The van der Waals surface area contributed by atoms with Crippen molar-refractivity contribution in [3.63, 3.8) is 0 Å². The molecule has 0 radical (unpaired) electrons. The number of nitrogens with zero attached hydrogens (tertiary/aromatic N) is 3. The van der Waals surface area contributed by atoms with Gasteiger partial charge in [0.05, 0.1) is 11.5 Å². The SMILES string of the molecule is CCOc1ccc(S(=O)(=O)NCCc2nnc(-c3ccncc3)o2)cc1. The van der Waals surface area contributed by atoms with Crippen LogP contribution >= 0.6 is 0 Å². The quantitative estimate of drug-likeness (QED) is 0.643. The average molecular weight is 374 g/mol. The van der Waals surface area contributed by atoms with Gasteiger partial charge in [0.15, 0.2) is 0 Å². The smallest absolute Gasteiger partial charge is 0.247 e. The Morgan fingerprint density at radius 3 is 2.50 bits per heavy atom. The van der Waals surface area contributed by atoms with Crippen molar-refractivity contribution in [2.45, 2.75) is 18.2 Å². The van der Waals surface area contributed by atoms with E-state index in [0.717, 1.165) is 5.56 Å². The van der Waals surface area contributed by atoms with E-state index >= 15 is 0 Å². The molecule has 2 aromatic heterocycles. The Hall–Kier alpha value is -2.78. The maximum atomic E-state index is 12.3. The van der Waals surface area contributed by atoms with Crippen LogP contribution in [0.3, 0.4) is 0 Å². The summed E-state index contributed by atoms with van der Waals surface area (Å²) in [5, 5.41) is 7.88. The minimum atomic E-state index is -3.61. The van der Waals surface area contributed by atoms with Gasteiger partial charge in [-0.2, -0.15) is 0 Å². The molecule has 26 heavy (non-hydrogen) atoms. The highest BCUT2D eigenvalue weighted by molar-refractivity contribution is 7.89. The number of rotatable bonds is 8. The molecule has 0 saturated carbocycles. The molecule has 9 heteroatoms. The minimum Gasteiger partial charge on any atom is -0.494 e. The normalized spacial score (nSPS) is 11.4. The van der Waals surface area contributed by atoms with Crippen molar-refractivity contribution < 1.29 is 17.6 Å². The Labute approximate surface area is 151 Å². The van der Waals surface area contributed by atoms with E-state index in [2.05, 4.69) is 19.9 Å². The third-order valence-electron chi connectivity index (χ3n) is 3.47. The Morgan fingerprint density at radius 2 is 1.81 bits per heavy atom. The number of sulfonamides is 1. The first-order valence-electron chi connectivity index (χ1n) is 8.04. The lowest BCUT2D eigenvalue weighted by Crippen LogP contribution is -2.26. The van der Waals surface area contributed by atoms with Gasteiger partial charge in [0.1, 0.15) is 5.75 Å². The number of benzene rings is 1. The van der Waals surface area contributed by atoms with Crippen molar-refractivity contribution in [1.29, 1.82) is 0 Å². The number of nitrogens with one attached hydrogen (secondary N) is 1. The van der Waals surface area contributed by atoms with Crippen LogP contribution in [0.4, 0.5) is 0 Å². The zero-order chi connectivity index (χ0) is 18.4. The second kappa shape index (κ2) is 8.07. The van der Waals surface area contributed by atoms with Crippen LogP contribution in [0.1, 0.15) is 12.8 Å². The van der Waals surface area contributed by atoms with Crippen molar-refractivity contribution in [1.82, 2.24) is 19.9 Å². The van der Waals surface area contributed by atoms with Gasteiger partial charge in [0.2, 0.25) is 21.8 Å². The van der Waals surface area contributed by atoms with Gasteiger partial charge in [0.25, 0.3) is 0 Å². The zero-order valence-corrected chi connectivity index (χ0v) is 14.9. The van der Waals surface area contributed by atoms with Crippen molar-refractivity contribution >= 4 is 10.0 Å². The average Bonchev–Trinajstić information content (AvgIpc) is 3.12. The monoisotopic (exact) mass is 374 g/mol. The third-order valence-corrected chi connectivity index (χ3v) is 4.95. The van der Waals surface area contributed by atoms with Crippen molar-refractivity contribution in [2.24, 2.45) is 0 Å². The van der Waals surface area contributed by atoms with Crippen molar-refractivity contribution in [3.8, 4) is 17.2 Å². The van der Waals surface area contributed by atoms with E-state index in [1.54, 1.807) is 36.7 Å². The fourth-order valence-corrected chi connectivity index (χ4v) is 3.25. The summed E-state index contributed by atoms with van der Waals surface area (Å²) in [5.74, 6) is 1.35. The van der Waals surface area contributed by atoms with Crippen LogP contribution in [0, 0.1) is 0 Å². The van der Waals surface area contributed by atoms with E-state index in [0.29, 0.717) is 24.1 Å². The molecule has 0 atom stereocenters. The number of hydrogen-bond donors (Lipinski definition) is 1. The molecule has 0 spiro atoms. The van der Waals surface area contributed by atoms with E-state index in [4.69, 9.17) is 9.15 Å². The first kappa shape index (κ1) is 18.0. The van der Waals surface area contributed by atoms with Crippen molar-refractivity contribution in [3.05, 3.63) is 54.7 Å². The van der Waals surface area contributed by atoms with Gasteiger partial charge in [-0.05, 0) is 43.3 Å². The molecule has 0 aliphatic carbocycles. The van der Waals surface area contributed by atoms with Crippen LogP contribution in [0.15, 0.2) is 58.1 Å². The highest BCUT2D eigenvalue weighted by Gasteiger charge is 2.15. The molecule has 2 heterocycles. The van der Waals surface area contributed by atoms with Crippen LogP contribution in [0.25, 0.3) is 11.5 Å². The van der Waals surface area contributed by atoms with Gasteiger partial charge in [0, 0.05) is 30.9 Å². The highest BCUT2D eigenvalue weighted by atomic mass is 32.2. The summed E-state index contributed by atoms with van der Waals surface area (Å²) in [6.07, 6.45) is 3.54. The van der Waals surface area contributed by atoms with E-state index in [1.165, 1.54) is 12.1 Å². The summed E-state index contributed by atoms with van der Waals surface area (Å²) >= 11 is 0. The molecule has 1 N–H and O–H groups in total. The van der Waals surface area contributed by atoms with Gasteiger partial charge < -0.3 is 9.15 Å². The summed E-state index contributed by atoms with van der Waals surface area (Å²) in [6.45, 7) is 2.54.